The number of rotatable bonds is 4. The van der Waals surface area contributed by atoms with Crippen LogP contribution in [0, 0.1) is 3.57 Å². The zero-order valence-electron chi connectivity index (χ0n) is 12.9. The summed E-state index contributed by atoms with van der Waals surface area (Å²) >= 11 is 28.7. The Kier molecular flexibility index (Phi) is 8.24. The minimum absolute atomic E-state index is 0.201. The first-order chi connectivity index (χ1) is 12.1. The van der Waals surface area contributed by atoms with E-state index in [2.05, 4.69) is 54.5 Å². The number of anilines is 1. The maximum atomic E-state index is 12.4. The number of hydrogen-bond acceptors (Lipinski definition) is 2. The van der Waals surface area contributed by atoms with Crippen LogP contribution in [0.2, 0.25) is 0 Å². The molecule has 2 aromatic carbocycles. The number of hydrogen-bond donors (Lipinski definition) is 3. The number of carbonyl (C=O) groups excluding carboxylic acids is 1. The molecule has 0 aliphatic heterocycles. The predicted molar refractivity (Wildman–Crippen MR) is 124 cm³/mol. The summed E-state index contributed by atoms with van der Waals surface area (Å²) in [5.41, 5.74) is 1.19. The van der Waals surface area contributed by atoms with Crippen molar-refractivity contribution in [2.24, 2.45) is 0 Å². The summed E-state index contributed by atoms with van der Waals surface area (Å²) in [5.74, 6) is -0.392. The van der Waals surface area contributed by atoms with Gasteiger partial charge in [-0.25, -0.2) is 0 Å². The first-order valence-electron chi connectivity index (χ1n) is 7.11. The number of benzene rings is 2. The van der Waals surface area contributed by atoms with Gasteiger partial charge in [0, 0.05) is 19.3 Å². The van der Waals surface area contributed by atoms with Crippen LogP contribution in [0.3, 0.4) is 0 Å². The highest BCUT2D eigenvalue weighted by Crippen LogP contribution is 2.29. The average Bonchev–Trinajstić information content (AvgIpc) is 2.56. The minimum Gasteiger partial charge on any atom is -0.339 e. The van der Waals surface area contributed by atoms with E-state index in [4.69, 9.17) is 47.0 Å². The Hall–Kier alpha value is -0.320. The molecule has 1 amide bonds. The monoisotopic (exact) mass is 605 g/mol. The van der Waals surface area contributed by atoms with Gasteiger partial charge in [-0.1, -0.05) is 50.7 Å². The zero-order chi connectivity index (χ0) is 19.3. The Balaban J connectivity index is 2.04. The van der Waals surface area contributed by atoms with Crippen LogP contribution in [0.25, 0.3) is 0 Å². The van der Waals surface area contributed by atoms with Crippen LogP contribution in [-0.2, 0) is 0 Å². The number of amides is 1. The molecule has 0 unspecified atom stereocenters. The summed E-state index contributed by atoms with van der Waals surface area (Å²) in [6, 6.07) is 14.4. The Bertz CT molecular complexity index is 785. The maximum absolute atomic E-state index is 12.4. The van der Waals surface area contributed by atoms with Crippen molar-refractivity contribution in [1.82, 2.24) is 10.6 Å². The lowest BCUT2D eigenvalue weighted by molar-refractivity contribution is 0.0934. The van der Waals surface area contributed by atoms with Crippen LogP contribution in [0.1, 0.15) is 10.4 Å². The first-order valence-corrected chi connectivity index (χ1v) is 10.5. The van der Waals surface area contributed by atoms with Crippen molar-refractivity contribution in [3.8, 4) is 0 Å². The van der Waals surface area contributed by atoms with Gasteiger partial charge >= 0.3 is 0 Å². The van der Waals surface area contributed by atoms with E-state index in [9.17, 15) is 4.79 Å². The number of halogens is 5. The molecule has 0 spiro atoms. The molecule has 0 aliphatic carbocycles. The number of thiocarbonyl (C=S) groups is 1. The van der Waals surface area contributed by atoms with Gasteiger partial charge in [0.15, 0.2) is 5.11 Å². The third-order valence-corrected chi connectivity index (χ3v) is 5.21. The fourth-order valence-electron chi connectivity index (χ4n) is 1.85. The molecule has 4 nitrogen and oxygen atoms in total. The van der Waals surface area contributed by atoms with Crippen molar-refractivity contribution in [3.63, 3.8) is 0 Å². The highest BCUT2D eigenvalue weighted by Gasteiger charge is 2.34. The standard InChI is InChI=1S/C16H12BrCl3IN3OS/c17-10-3-7-12(8-4-10)22-15(26)24-14(16(18,19)20)23-13(25)9-1-5-11(21)6-2-9/h1-8,14H,(H,23,25)(H2,22,24,26)/t14-/m1/s1. The Labute approximate surface area is 193 Å². The molecule has 0 saturated heterocycles. The third kappa shape index (κ3) is 7.01. The Morgan fingerprint density at radius 1 is 1.04 bits per heavy atom. The van der Waals surface area contributed by atoms with Gasteiger partial charge in [0.1, 0.15) is 6.17 Å². The summed E-state index contributed by atoms with van der Waals surface area (Å²) < 4.78 is 0.130. The molecule has 0 heterocycles. The summed E-state index contributed by atoms with van der Waals surface area (Å²) in [7, 11) is 0. The van der Waals surface area contributed by atoms with Gasteiger partial charge in [-0.3, -0.25) is 4.79 Å². The topological polar surface area (TPSA) is 53.2 Å². The molecule has 1 atom stereocenters. The van der Waals surface area contributed by atoms with Gasteiger partial charge in [0.2, 0.25) is 3.79 Å². The van der Waals surface area contributed by atoms with E-state index in [0.29, 0.717) is 5.56 Å². The molecule has 138 valence electrons. The molecular weight excluding hydrogens is 595 g/mol. The van der Waals surface area contributed by atoms with Crippen LogP contribution in [0.4, 0.5) is 5.69 Å². The van der Waals surface area contributed by atoms with Gasteiger partial charge in [-0.2, -0.15) is 0 Å². The lowest BCUT2D eigenvalue weighted by Crippen LogP contribution is -2.56. The molecule has 2 aromatic rings. The smallest absolute Gasteiger partial charge is 0.252 e. The molecule has 2 rings (SSSR count). The predicted octanol–water partition coefficient (Wildman–Crippen LogP) is 5.47. The maximum Gasteiger partial charge on any atom is 0.252 e. The lowest BCUT2D eigenvalue weighted by Gasteiger charge is -2.27. The molecule has 3 N–H and O–H groups in total. The quantitative estimate of drug-likeness (QED) is 0.187. The summed E-state index contributed by atoms with van der Waals surface area (Å²) in [5, 5.41) is 8.61. The SMILES string of the molecule is O=C(N[C@H](NC(=S)Nc1ccc(Br)cc1)C(Cl)(Cl)Cl)c1ccc(I)cc1. The molecule has 10 heteroatoms. The molecule has 0 aliphatic rings. The minimum atomic E-state index is -1.82. The van der Waals surface area contributed by atoms with Gasteiger partial charge < -0.3 is 16.0 Å². The number of carbonyl (C=O) groups is 1. The number of alkyl halides is 3. The molecule has 0 bridgehead atoms. The third-order valence-electron chi connectivity index (χ3n) is 3.09. The van der Waals surface area contributed by atoms with Crippen molar-refractivity contribution in [2.45, 2.75) is 9.96 Å². The van der Waals surface area contributed by atoms with Crippen molar-refractivity contribution in [3.05, 3.63) is 62.1 Å². The summed E-state index contributed by atoms with van der Waals surface area (Å²) in [6.45, 7) is 0. The van der Waals surface area contributed by atoms with Gasteiger partial charge in [-0.05, 0) is 83.3 Å². The van der Waals surface area contributed by atoms with E-state index in [1.54, 1.807) is 12.1 Å². The van der Waals surface area contributed by atoms with E-state index >= 15 is 0 Å². The molecule has 0 aromatic heterocycles. The summed E-state index contributed by atoms with van der Waals surface area (Å²) in [4.78, 5) is 12.4. The Morgan fingerprint density at radius 3 is 2.15 bits per heavy atom. The van der Waals surface area contributed by atoms with E-state index in [0.717, 1.165) is 13.7 Å². The Morgan fingerprint density at radius 2 is 1.62 bits per heavy atom. The van der Waals surface area contributed by atoms with Crippen LogP contribution < -0.4 is 16.0 Å². The van der Waals surface area contributed by atoms with E-state index in [1.165, 1.54) is 0 Å². The van der Waals surface area contributed by atoms with E-state index in [1.807, 2.05) is 36.4 Å². The van der Waals surface area contributed by atoms with Crippen LogP contribution in [-0.4, -0.2) is 21.0 Å². The van der Waals surface area contributed by atoms with Crippen LogP contribution in [0.5, 0.6) is 0 Å². The second-order valence-electron chi connectivity index (χ2n) is 5.06. The largest absolute Gasteiger partial charge is 0.339 e. The highest BCUT2D eigenvalue weighted by molar-refractivity contribution is 14.1. The molecule has 26 heavy (non-hydrogen) atoms. The van der Waals surface area contributed by atoms with Gasteiger partial charge in [-0.15, -0.1) is 0 Å². The van der Waals surface area contributed by atoms with Crippen molar-refractivity contribution >= 4 is 102 Å². The van der Waals surface area contributed by atoms with Crippen molar-refractivity contribution in [1.29, 1.82) is 0 Å². The van der Waals surface area contributed by atoms with E-state index < -0.39 is 15.9 Å². The van der Waals surface area contributed by atoms with Gasteiger partial charge in [0.05, 0.1) is 0 Å². The van der Waals surface area contributed by atoms with Crippen LogP contribution in [0.15, 0.2) is 53.0 Å². The first kappa shape index (κ1) is 22.0. The normalized spacial score (nSPS) is 12.2. The van der Waals surface area contributed by atoms with Crippen molar-refractivity contribution in [2.75, 3.05) is 5.32 Å². The lowest BCUT2D eigenvalue weighted by atomic mass is 10.2. The zero-order valence-corrected chi connectivity index (χ0v) is 19.7. The average molecular weight is 608 g/mol. The highest BCUT2D eigenvalue weighted by atomic mass is 127. The second kappa shape index (κ2) is 9.75. The fourth-order valence-corrected chi connectivity index (χ4v) is 3.03. The van der Waals surface area contributed by atoms with E-state index in [-0.39, 0.29) is 5.11 Å². The molecular formula is C16H12BrCl3IN3OS. The van der Waals surface area contributed by atoms with Gasteiger partial charge in [0.25, 0.3) is 5.91 Å². The fraction of sp³-hybridized carbons (Fsp3) is 0.125. The molecule has 0 fully saturated rings. The summed E-state index contributed by atoms with van der Waals surface area (Å²) in [6.07, 6.45) is -1.03. The van der Waals surface area contributed by atoms with Crippen LogP contribution >= 0.6 is 85.5 Å². The number of nitrogens with one attached hydrogen (secondary N) is 3. The second-order valence-corrected chi connectivity index (χ2v) is 10.00. The molecule has 0 radical (unpaired) electrons. The van der Waals surface area contributed by atoms with Crippen molar-refractivity contribution < 1.29 is 4.79 Å². The molecule has 0 saturated carbocycles.